The van der Waals surface area contributed by atoms with Gasteiger partial charge in [-0.1, -0.05) is 15.9 Å². The van der Waals surface area contributed by atoms with Crippen molar-refractivity contribution in [3.63, 3.8) is 0 Å². The molecular formula is C12H10Br3FN2S. The lowest BCUT2D eigenvalue weighted by atomic mass is 10.0. The van der Waals surface area contributed by atoms with E-state index in [9.17, 15) is 4.39 Å². The molecule has 0 fully saturated rings. The summed E-state index contributed by atoms with van der Waals surface area (Å²) in [6.07, 6.45) is 0.594. The Balaban J connectivity index is 2.29. The van der Waals surface area contributed by atoms with Gasteiger partial charge in [-0.05, 0) is 73.7 Å². The Hall–Kier alpha value is 0.210. The van der Waals surface area contributed by atoms with Crippen LogP contribution < -0.4 is 11.3 Å². The molecule has 102 valence electrons. The Labute approximate surface area is 139 Å². The number of rotatable bonds is 4. The maximum Gasteiger partial charge on any atom is 0.123 e. The molecular weight excluding hydrogens is 463 g/mol. The number of hydrogen-bond acceptors (Lipinski definition) is 3. The Kier molecular flexibility index (Phi) is 5.56. The van der Waals surface area contributed by atoms with Crippen molar-refractivity contribution in [2.75, 3.05) is 0 Å². The number of nitrogens with two attached hydrogens (primary N) is 1. The summed E-state index contributed by atoms with van der Waals surface area (Å²) in [7, 11) is 0. The van der Waals surface area contributed by atoms with Gasteiger partial charge < -0.3 is 0 Å². The summed E-state index contributed by atoms with van der Waals surface area (Å²) < 4.78 is 16.2. The highest BCUT2D eigenvalue weighted by Crippen LogP contribution is 2.37. The second kappa shape index (κ2) is 6.78. The molecule has 1 heterocycles. The number of hydrogen-bond donors (Lipinski definition) is 2. The molecule has 1 unspecified atom stereocenters. The molecule has 0 amide bonds. The second-order valence-corrected chi connectivity index (χ2v) is 8.54. The van der Waals surface area contributed by atoms with E-state index in [0.29, 0.717) is 6.42 Å². The lowest BCUT2D eigenvalue weighted by Gasteiger charge is -2.16. The number of thiophene rings is 1. The van der Waals surface area contributed by atoms with Crippen molar-refractivity contribution >= 4 is 59.1 Å². The van der Waals surface area contributed by atoms with Gasteiger partial charge >= 0.3 is 0 Å². The van der Waals surface area contributed by atoms with Crippen molar-refractivity contribution in [3.05, 3.63) is 53.3 Å². The first-order valence-electron chi connectivity index (χ1n) is 5.36. The Morgan fingerprint density at radius 3 is 2.58 bits per heavy atom. The third-order valence-electron chi connectivity index (χ3n) is 2.69. The van der Waals surface area contributed by atoms with Crippen molar-refractivity contribution in [1.29, 1.82) is 0 Å². The van der Waals surface area contributed by atoms with Gasteiger partial charge in [0.2, 0.25) is 0 Å². The molecule has 0 radical (unpaired) electrons. The van der Waals surface area contributed by atoms with E-state index >= 15 is 0 Å². The van der Waals surface area contributed by atoms with Crippen LogP contribution in [0.15, 0.2) is 36.3 Å². The minimum absolute atomic E-state index is 0.0879. The van der Waals surface area contributed by atoms with E-state index in [-0.39, 0.29) is 11.9 Å². The van der Waals surface area contributed by atoms with Gasteiger partial charge in [-0.15, -0.1) is 11.3 Å². The first-order valence-corrected chi connectivity index (χ1v) is 8.55. The van der Waals surface area contributed by atoms with Crippen LogP contribution in [-0.4, -0.2) is 0 Å². The predicted octanol–water partition coefficient (Wildman–Crippen LogP) is 4.92. The van der Waals surface area contributed by atoms with Crippen LogP contribution >= 0.6 is 59.1 Å². The summed E-state index contributed by atoms with van der Waals surface area (Å²) in [4.78, 5) is 0. The predicted molar refractivity (Wildman–Crippen MR) is 87.6 cm³/mol. The number of hydrazine groups is 1. The van der Waals surface area contributed by atoms with Gasteiger partial charge in [0.05, 0.1) is 13.6 Å². The molecule has 0 bridgehead atoms. The SMILES string of the molecule is NNC(Cc1cc(F)ccc1Br)c1cc(Br)sc1Br. The summed E-state index contributed by atoms with van der Waals surface area (Å²) >= 11 is 12.0. The molecule has 2 aromatic rings. The summed E-state index contributed by atoms with van der Waals surface area (Å²) in [5, 5.41) is 0. The van der Waals surface area contributed by atoms with Crippen molar-refractivity contribution in [1.82, 2.24) is 5.43 Å². The summed E-state index contributed by atoms with van der Waals surface area (Å²) in [6.45, 7) is 0. The topological polar surface area (TPSA) is 38.0 Å². The smallest absolute Gasteiger partial charge is 0.123 e. The zero-order chi connectivity index (χ0) is 14.0. The molecule has 1 aromatic heterocycles. The fourth-order valence-corrected chi connectivity index (χ4v) is 5.15. The van der Waals surface area contributed by atoms with Gasteiger partial charge in [0.15, 0.2) is 0 Å². The van der Waals surface area contributed by atoms with Gasteiger partial charge in [0.1, 0.15) is 5.82 Å². The zero-order valence-corrected chi connectivity index (χ0v) is 15.2. The molecule has 0 aliphatic carbocycles. The molecule has 2 rings (SSSR count). The Morgan fingerprint density at radius 2 is 2.00 bits per heavy atom. The number of nitrogens with one attached hydrogen (secondary N) is 1. The normalized spacial score (nSPS) is 12.7. The molecule has 0 saturated carbocycles. The van der Waals surface area contributed by atoms with Crippen molar-refractivity contribution in [3.8, 4) is 0 Å². The van der Waals surface area contributed by atoms with Crippen LogP contribution in [-0.2, 0) is 6.42 Å². The standard InChI is InChI=1S/C12H10Br3FN2S/c13-9-2-1-7(16)3-6(9)4-10(18-17)8-5-11(14)19-12(8)15/h1-3,5,10,18H,4,17H2. The lowest BCUT2D eigenvalue weighted by molar-refractivity contribution is 0.547. The summed E-state index contributed by atoms with van der Waals surface area (Å²) in [5.41, 5.74) is 4.70. The van der Waals surface area contributed by atoms with Crippen LogP contribution in [0.25, 0.3) is 0 Å². The molecule has 7 heteroatoms. The van der Waals surface area contributed by atoms with Gasteiger partial charge in [0, 0.05) is 4.47 Å². The fraction of sp³-hybridized carbons (Fsp3) is 0.167. The quantitative estimate of drug-likeness (QED) is 0.489. The van der Waals surface area contributed by atoms with Crippen molar-refractivity contribution in [2.45, 2.75) is 12.5 Å². The van der Waals surface area contributed by atoms with Crippen LogP contribution in [0.2, 0.25) is 0 Å². The minimum atomic E-state index is -0.250. The number of halogens is 4. The molecule has 0 spiro atoms. The van der Waals surface area contributed by atoms with E-state index < -0.39 is 0 Å². The van der Waals surface area contributed by atoms with Crippen molar-refractivity contribution < 1.29 is 4.39 Å². The van der Waals surface area contributed by atoms with E-state index in [2.05, 4.69) is 53.2 Å². The Bertz CT molecular complexity index is 588. The Morgan fingerprint density at radius 1 is 1.26 bits per heavy atom. The van der Waals surface area contributed by atoms with E-state index in [1.54, 1.807) is 17.4 Å². The fourth-order valence-electron chi connectivity index (χ4n) is 1.77. The van der Waals surface area contributed by atoms with Gasteiger partial charge in [0.25, 0.3) is 0 Å². The molecule has 3 N–H and O–H groups in total. The minimum Gasteiger partial charge on any atom is -0.271 e. The average Bonchev–Trinajstić information content (AvgIpc) is 2.69. The molecule has 0 aliphatic heterocycles. The van der Waals surface area contributed by atoms with Gasteiger partial charge in [-0.2, -0.15) is 0 Å². The summed E-state index contributed by atoms with van der Waals surface area (Å²) in [6, 6.07) is 6.57. The zero-order valence-electron chi connectivity index (χ0n) is 9.59. The number of benzene rings is 1. The lowest BCUT2D eigenvalue weighted by Crippen LogP contribution is -2.29. The molecule has 1 aromatic carbocycles. The molecule has 19 heavy (non-hydrogen) atoms. The van der Waals surface area contributed by atoms with Crippen LogP contribution in [0.3, 0.4) is 0 Å². The molecule has 1 atom stereocenters. The average molecular weight is 473 g/mol. The van der Waals surface area contributed by atoms with Crippen LogP contribution in [0.5, 0.6) is 0 Å². The van der Waals surface area contributed by atoms with E-state index in [1.165, 1.54) is 12.1 Å². The third-order valence-corrected chi connectivity index (χ3v) is 5.85. The van der Waals surface area contributed by atoms with E-state index in [4.69, 9.17) is 5.84 Å². The molecule has 2 nitrogen and oxygen atoms in total. The molecule has 0 saturated heterocycles. The highest BCUT2D eigenvalue weighted by Gasteiger charge is 2.18. The highest BCUT2D eigenvalue weighted by atomic mass is 79.9. The first kappa shape index (κ1) is 15.6. The highest BCUT2D eigenvalue weighted by molar-refractivity contribution is 9.12. The summed E-state index contributed by atoms with van der Waals surface area (Å²) in [5.74, 6) is 5.38. The first-order chi connectivity index (χ1) is 9.01. The maximum absolute atomic E-state index is 13.3. The van der Waals surface area contributed by atoms with E-state index in [1.807, 2.05) is 6.07 Å². The van der Waals surface area contributed by atoms with E-state index in [0.717, 1.165) is 23.2 Å². The van der Waals surface area contributed by atoms with Gasteiger partial charge in [-0.25, -0.2) is 4.39 Å². The molecule has 0 aliphatic rings. The third kappa shape index (κ3) is 3.86. The van der Waals surface area contributed by atoms with Gasteiger partial charge in [-0.3, -0.25) is 11.3 Å². The second-order valence-electron chi connectivity index (χ2n) is 3.94. The maximum atomic E-state index is 13.3. The van der Waals surface area contributed by atoms with Crippen LogP contribution in [0.1, 0.15) is 17.2 Å². The largest absolute Gasteiger partial charge is 0.271 e. The monoisotopic (exact) mass is 470 g/mol. The van der Waals surface area contributed by atoms with Crippen LogP contribution in [0.4, 0.5) is 4.39 Å². The van der Waals surface area contributed by atoms with Crippen molar-refractivity contribution in [2.24, 2.45) is 5.84 Å². The van der Waals surface area contributed by atoms with Crippen LogP contribution in [0, 0.1) is 5.82 Å².